The number of hydrogen-bond acceptors (Lipinski definition) is 0. The first-order valence-electron chi connectivity index (χ1n) is 6.98. The molecule has 100 valence electrons. The third-order valence-corrected chi connectivity index (χ3v) is 3.68. The van der Waals surface area contributed by atoms with E-state index in [0.29, 0.717) is 0 Å². The predicted octanol–water partition coefficient (Wildman–Crippen LogP) is 5.58. The maximum absolute atomic E-state index is 2.28. The molecule has 0 aromatic heterocycles. The molecule has 2 aromatic rings. The van der Waals surface area contributed by atoms with E-state index >= 15 is 0 Å². The molecule has 0 heteroatoms. The first kappa shape index (κ1) is 13.9. The van der Waals surface area contributed by atoms with Crippen LogP contribution >= 0.6 is 0 Å². The van der Waals surface area contributed by atoms with Gasteiger partial charge in [-0.15, -0.1) is 0 Å². The summed E-state index contributed by atoms with van der Waals surface area (Å²) in [5.41, 5.74) is 8.45. The summed E-state index contributed by atoms with van der Waals surface area (Å²) in [4.78, 5) is 0. The summed E-state index contributed by atoms with van der Waals surface area (Å²) in [6.07, 6.45) is 0. The highest BCUT2D eigenvalue weighted by Crippen LogP contribution is 2.36. The van der Waals surface area contributed by atoms with Gasteiger partial charge in [0.1, 0.15) is 0 Å². The van der Waals surface area contributed by atoms with Crippen molar-refractivity contribution in [3.63, 3.8) is 0 Å². The standard InChI is InChI=1S/C19H24/c1-13-11-14(2)18(15(3)12-13)16-9-7-8-10-17(16)19(4,5)6/h7-12H,1-6H3. The number of hydrogen-bond donors (Lipinski definition) is 0. The molecule has 0 spiro atoms. The zero-order chi connectivity index (χ0) is 14.2. The van der Waals surface area contributed by atoms with Crippen molar-refractivity contribution in [3.8, 4) is 11.1 Å². The van der Waals surface area contributed by atoms with Crippen LogP contribution in [0.2, 0.25) is 0 Å². The predicted molar refractivity (Wildman–Crippen MR) is 84.8 cm³/mol. The van der Waals surface area contributed by atoms with E-state index in [4.69, 9.17) is 0 Å². The molecule has 2 aromatic carbocycles. The monoisotopic (exact) mass is 252 g/mol. The molecule has 0 atom stereocenters. The number of rotatable bonds is 1. The van der Waals surface area contributed by atoms with Gasteiger partial charge in [0.25, 0.3) is 0 Å². The lowest BCUT2D eigenvalue weighted by Gasteiger charge is -2.24. The second kappa shape index (κ2) is 4.85. The van der Waals surface area contributed by atoms with Gasteiger partial charge in [-0.2, -0.15) is 0 Å². The Morgan fingerprint density at radius 3 is 1.84 bits per heavy atom. The zero-order valence-electron chi connectivity index (χ0n) is 13.0. The van der Waals surface area contributed by atoms with E-state index < -0.39 is 0 Å². The fourth-order valence-electron chi connectivity index (χ4n) is 2.96. The lowest BCUT2D eigenvalue weighted by molar-refractivity contribution is 0.592. The minimum absolute atomic E-state index is 0.167. The summed E-state index contributed by atoms with van der Waals surface area (Å²) in [6.45, 7) is 13.4. The fraction of sp³-hybridized carbons (Fsp3) is 0.368. The number of benzene rings is 2. The van der Waals surface area contributed by atoms with E-state index in [-0.39, 0.29) is 5.41 Å². The lowest BCUT2D eigenvalue weighted by atomic mass is 9.80. The maximum Gasteiger partial charge on any atom is -0.0122 e. The summed E-state index contributed by atoms with van der Waals surface area (Å²) in [5, 5.41) is 0. The van der Waals surface area contributed by atoms with Crippen LogP contribution in [0.1, 0.15) is 43.0 Å². The maximum atomic E-state index is 2.28. The van der Waals surface area contributed by atoms with Gasteiger partial charge in [0.15, 0.2) is 0 Å². The van der Waals surface area contributed by atoms with Crippen molar-refractivity contribution in [3.05, 3.63) is 58.7 Å². The van der Waals surface area contributed by atoms with Gasteiger partial charge in [-0.1, -0.05) is 62.7 Å². The quantitative estimate of drug-likeness (QED) is 0.622. The Morgan fingerprint density at radius 1 is 0.789 bits per heavy atom. The van der Waals surface area contributed by atoms with Gasteiger partial charge in [0.05, 0.1) is 0 Å². The topological polar surface area (TPSA) is 0 Å². The van der Waals surface area contributed by atoms with E-state index in [1.54, 1.807) is 0 Å². The molecule has 0 unspecified atom stereocenters. The van der Waals surface area contributed by atoms with Gasteiger partial charge < -0.3 is 0 Å². The molecule has 0 bridgehead atoms. The second-order valence-corrected chi connectivity index (χ2v) is 6.57. The summed E-state index contributed by atoms with van der Waals surface area (Å²) in [6, 6.07) is 13.4. The molecule has 0 heterocycles. The Balaban J connectivity index is 2.74. The summed E-state index contributed by atoms with van der Waals surface area (Å²) >= 11 is 0. The Bertz CT molecular complexity index is 575. The molecule has 0 aliphatic rings. The van der Waals surface area contributed by atoms with Gasteiger partial charge in [-0.05, 0) is 54.0 Å². The van der Waals surface area contributed by atoms with Crippen molar-refractivity contribution in [1.82, 2.24) is 0 Å². The third-order valence-electron chi connectivity index (χ3n) is 3.68. The van der Waals surface area contributed by atoms with Crippen molar-refractivity contribution in [2.24, 2.45) is 0 Å². The minimum atomic E-state index is 0.167. The molecule has 0 nitrogen and oxygen atoms in total. The van der Waals surface area contributed by atoms with Crippen molar-refractivity contribution in [2.75, 3.05) is 0 Å². The zero-order valence-corrected chi connectivity index (χ0v) is 13.0. The van der Waals surface area contributed by atoms with E-state index in [9.17, 15) is 0 Å². The van der Waals surface area contributed by atoms with Crippen LogP contribution in [0.25, 0.3) is 11.1 Å². The largest absolute Gasteiger partial charge is 0.0619 e. The average molecular weight is 252 g/mol. The highest BCUT2D eigenvalue weighted by atomic mass is 14.2. The van der Waals surface area contributed by atoms with Gasteiger partial charge in [0.2, 0.25) is 0 Å². The molecule has 2 rings (SSSR count). The number of aryl methyl sites for hydroxylation is 3. The molecule has 0 radical (unpaired) electrons. The van der Waals surface area contributed by atoms with Crippen LogP contribution in [0, 0.1) is 20.8 Å². The van der Waals surface area contributed by atoms with Gasteiger partial charge in [-0.25, -0.2) is 0 Å². The molecule has 0 fully saturated rings. The smallest absolute Gasteiger partial charge is 0.0122 e. The molecular formula is C19H24. The van der Waals surface area contributed by atoms with Crippen molar-refractivity contribution < 1.29 is 0 Å². The van der Waals surface area contributed by atoms with Gasteiger partial charge in [0, 0.05) is 0 Å². The Labute approximate surface area is 117 Å². The molecule has 19 heavy (non-hydrogen) atoms. The molecule has 0 saturated carbocycles. The highest BCUT2D eigenvalue weighted by Gasteiger charge is 2.19. The van der Waals surface area contributed by atoms with E-state index in [2.05, 4.69) is 77.9 Å². The van der Waals surface area contributed by atoms with Crippen LogP contribution in [0.4, 0.5) is 0 Å². The Hall–Kier alpha value is -1.56. The molecular weight excluding hydrogens is 228 g/mol. The molecule has 0 saturated heterocycles. The summed E-state index contributed by atoms with van der Waals surface area (Å²) in [5.74, 6) is 0. The van der Waals surface area contributed by atoms with E-state index in [0.717, 1.165) is 0 Å². The highest BCUT2D eigenvalue weighted by molar-refractivity contribution is 5.75. The Kier molecular flexibility index (Phi) is 3.54. The van der Waals surface area contributed by atoms with Crippen molar-refractivity contribution in [1.29, 1.82) is 0 Å². The van der Waals surface area contributed by atoms with E-state index in [1.807, 2.05) is 0 Å². The molecule has 0 aliphatic carbocycles. The van der Waals surface area contributed by atoms with Crippen molar-refractivity contribution >= 4 is 0 Å². The summed E-state index contributed by atoms with van der Waals surface area (Å²) < 4.78 is 0. The molecule has 0 amide bonds. The molecule has 0 aliphatic heterocycles. The van der Waals surface area contributed by atoms with Crippen LogP contribution in [0.5, 0.6) is 0 Å². The third kappa shape index (κ3) is 2.73. The fourth-order valence-corrected chi connectivity index (χ4v) is 2.96. The average Bonchev–Trinajstić information content (AvgIpc) is 2.26. The summed E-state index contributed by atoms with van der Waals surface area (Å²) in [7, 11) is 0. The first-order valence-corrected chi connectivity index (χ1v) is 6.98. The normalized spacial score (nSPS) is 11.7. The van der Waals surface area contributed by atoms with Crippen LogP contribution in [-0.4, -0.2) is 0 Å². The SMILES string of the molecule is Cc1cc(C)c(-c2ccccc2C(C)(C)C)c(C)c1. The lowest BCUT2D eigenvalue weighted by Crippen LogP contribution is -2.13. The van der Waals surface area contributed by atoms with Crippen LogP contribution in [0.15, 0.2) is 36.4 Å². The Morgan fingerprint density at radius 2 is 1.32 bits per heavy atom. The van der Waals surface area contributed by atoms with E-state index in [1.165, 1.54) is 33.4 Å². The first-order chi connectivity index (χ1) is 8.80. The van der Waals surface area contributed by atoms with Gasteiger partial charge in [-0.3, -0.25) is 0 Å². The van der Waals surface area contributed by atoms with Crippen LogP contribution in [0.3, 0.4) is 0 Å². The minimum Gasteiger partial charge on any atom is -0.0619 e. The van der Waals surface area contributed by atoms with Crippen LogP contribution < -0.4 is 0 Å². The second-order valence-electron chi connectivity index (χ2n) is 6.57. The van der Waals surface area contributed by atoms with Gasteiger partial charge >= 0.3 is 0 Å². The molecule has 0 N–H and O–H groups in total. The van der Waals surface area contributed by atoms with Crippen LogP contribution in [-0.2, 0) is 5.41 Å². The van der Waals surface area contributed by atoms with Crippen molar-refractivity contribution in [2.45, 2.75) is 47.0 Å².